The fourth-order valence-electron chi connectivity index (χ4n) is 8.41. The first-order valence-electron chi connectivity index (χ1n) is 20.0. The van der Waals surface area contributed by atoms with Crippen LogP contribution in [0, 0.1) is 0 Å². The number of hydrogen-bond donors (Lipinski definition) is 3. The Morgan fingerprint density at radius 2 is 1.42 bits per heavy atom. The molecule has 1 fully saturated rings. The molecule has 3 aliphatic rings. The maximum atomic E-state index is 12.5. The zero-order valence-electron chi connectivity index (χ0n) is 35.3. The average molecular weight is 925 g/mol. The smallest absolute Gasteiger partial charge is 0.333 e. The lowest BCUT2D eigenvalue weighted by Gasteiger charge is -2.31. The second-order valence-corrected chi connectivity index (χ2v) is 20.5. The number of fused-ring (bicyclic) bond motifs is 2. The van der Waals surface area contributed by atoms with Gasteiger partial charge in [-0.05, 0) is 100 Å². The van der Waals surface area contributed by atoms with Gasteiger partial charge in [0.1, 0.15) is 6.54 Å². The molecule has 21 heteroatoms. The Morgan fingerprint density at radius 1 is 0.806 bits per heavy atom. The van der Waals surface area contributed by atoms with Crippen LogP contribution in [0.3, 0.4) is 0 Å². The quantitative estimate of drug-likeness (QED) is 0.0666. The third-order valence-corrected chi connectivity index (χ3v) is 14.1. The van der Waals surface area contributed by atoms with Gasteiger partial charge in [-0.3, -0.25) is 23.2 Å². The van der Waals surface area contributed by atoms with E-state index >= 15 is 0 Å². The number of methoxy groups -OCH3 is 2. The van der Waals surface area contributed by atoms with Crippen molar-refractivity contribution in [2.24, 2.45) is 0 Å². The molecule has 0 radical (unpaired) electrons. The average Bonchev–Trinajstić information content (AvgIpc) is 3.71. The number of benzene rings is 2. The van der Waals surface area contributed by atoms with Crippen molar-refractivity contribution in [2.45, 2.75) is 99.2 Å². The van der Waals surface area contributed by atoms with Crippen molar-refractivity contribution in [3.05, 3.63) is 70.9 Å². The minimum atomic E-state index is -4.63. The zero-order valence-corrected chi connectivity index (χ0v) is 37.8. The van der Waals surface area contributed by atoms with E-state index in [1.165, 1.54) is 31.4 Å². The molecule has 340 valence electrons. The predicted octanol–water partition coefficient (Wildman–Crippen LogP) is 4.66. The van der Waals surface area contributed by atoms with E-state index < -0.39 is 64.7 Å². The highest BCUT2D eigenvalue weighted by molar-refractivity contribution is 7.86. The van der Waals surface area contributed by atoms with Gasteiger partial charge in [-0.15, -0.1) is 5.06 Å². The van der Waals surface area contributed by atoms with Crippen LogP contribution in [0.2, 0.25) is 0 Å². The van der Waals surface area contributed by atoms with Crippen LogP contribution in [0.15, 0.2) is 69.6 Å². The Bertz CT molecular complexity index is 2520. The summed E-state index contributed by atoms with van der Waals surface area (Å²) in [7, 11) is -10.5. The number of unbranched alkanes of at least 4 members (excludes halogenated alkanes) is 2. The van der Waals surface area contributed by atoms with Gasteiger partial charge in [0, 0.05) is 87.6 Å². The molecular weight excluding hydrogens is 871 g/mol. The number of carbonyl (C=O) groups excluding carboxylic acids is 3. The van der Waals surface area contributed by atoms with Gasteiger partial charge in [0.2, 0.25) is 5.69 Å². The molecule has 3 heterocycles. The van der Waals surface area contributed by atoms with Crippen LogP contribution in [0.25, 0.3) is 0 Å². The number of imide groups is 1. The van der Waals surface area contributed by atoms with E-state index in [-0.39, 0.29) is 55.1 Å². The SMILES string of the molecule is COCCN1/C(=C/C(C)=C/C2=[N+](CCCCCC(=O)ON3C(=O)CCC3=O)c3ccc(S(=O)(=O)O)cc3C2(C)CCOC)C(C)(CCCS(=O)(=O)O)c2cc(S(=O)(=O)O)ccc21. The van der Waals surface area contributed by atoms with Crippen LogP contribution in [0.4, 0.5) is 11.4 Å². The number of amides is 2. The highest BCUT2D eigenvalue weighted by Crippen LogP contribution is 2.52. The van der Waals surface area contributed by atoms with E-state index in [1.807, 2.05) is 42.4 Å². The Balaban J connectivity index is 1.59. The van der Waals surface area contributed by atoms with Crippen molar-refractivity contribution in [3.63, 3.8) is 0 Å². The van der Waals surface area contributed by atoms with E-state index in [9.17, 15) is 53.3 Å². The van der Waals surface area contributed by atoms with E-state index in [0.29, 0.717) is 77.6 Å². The summed E-state index contributed by atoms with van der Waals surface area (Å²) in [4.78, 5) is 42.6. The van der Waals surface area contributed by atoms with Crippen molar-refractivity contribution in [2.75, 3.05) is 51.2 Å². The normalized spacial score (nSPS) is 21.4. The van der Waals surface area contributed by atoms with Crippen LogP contribution in [0.5, 0.6) is 0 Å². The monoisotopic (exact) mass is 924 g/mol. The molecule has 0 aromatic heterocycles. The van der Waals surface area contributed by atoms with E-state index in [4.69, 9.17) is 14.3 Å². The largest absolute Gasteiger partial charge is 0.385 e. The molecule has 2 unspecified atom stereocenters. The van der Waals surface area contributed by atoms with Crippen LogP contribution < -0.4 is 4.90 Å². The molecule has 2 atom stereocenters. The summed E-state index contributed by atoms with van der Waals surface area (Å²) in [5.41, 5.74) is 2.55. The third-order valence-electron chi connectivity index (χ3n) is 11.6. The molecule has 18 nitrogen and oxygen atoms in total. The van der Waals surface area contributed by atoms with Gasteiger partial charge >= 0.3 is 5.97 Å². The lowest BCUT2D eigenvalue weighted by atomic mass is 9.75. The Hall–Kier alpha value is -4.35. The van der Waals surface area contributed by atoms with Gasteiger partial charge < -0.3 is 19.2 Å². The van der Waals surface area contributed by atoms with E-state index in [0.717, 1.165) is 5.71 Å². The maximum absolute atomic E-state index is 12.5. The number of allylic oxidation sites excluding steroid dienone is 4. The highest BCUT2D eigenvalue weighted by atomic mass is 32.2. The molecule has 62 heavy (non-hydrogen) atoms. The summed E-state index contributed by atoms with van der Waals surface area (Å²) in [5, 5.41) is 0.510. The van der Waals surface area contributed by atoms with E-state index in [1.54, 1.807) is 19.2 Å². The van der Waals surface area contributed by atoms with Crippen LogP contribution in [-0.4, -0.2) is 118 Å². The number of anilines is 1. The number of hydrogen-bond acceptors (Lipinski definition) is 13. The fraction of sp³-hybridized carbons (Fsp3) is 0.512. The second kappa shape index (κ2) is 19.2. The molecule has 3 N–H and O–H groups in total. The molecule has 2 amide bonds. The van der Waals surface area contributed by atoms with E-state index in [2.05, 4.69) is 0 Å². The molecule has 3 aliphatic heterocycles. The molecule has 2 aromatic carbocycles. The van der Waals surface area contributed by atoms with Gasteiger partial charge in [0.15, 0.2) is 5.71 Å². The number of hydroxylamine groups is 2. The van der Waals surface area contributed by atoms with Gasteiger partial charge in [-0.25, -0.2) is 4.79 Å². The van der Waals surface area contributed by atoms with Crippen LogP contribution >= 0.6 is 0 Å². The minimum absolute atomic E-state index is 0.000964. The lowest BCUT2D eigenvalue weighted by Crippen LogP contribution is -2.33. The molecule has 5 rings (SSSR count). The molecule has 0 aliphatic carbocycles. The van der Waals surface area contributed by atoms with Crippen molar-refractivity contribution in [3.8, 4) is 0 Å². The number of rotatable bonds is 21. The molecule has 2 aromatic rings. The Labute approximate surface area is 362 Å². The van der Waals surface area contributed by atoms with Crippen LogP contribution in [0.1, 0.15) is 89.7 Å². The number of carbonyl (C=O) groups is 3. The van der Waals surface area contributed by atoms with Crippen molar-refractivity contribution >= 4 is 65.2 Å². The summed E-state index contributed by atoms with van der Waals surface area (Å²) >= 11 is 0. The number of ether oxygens (including phenoxy) is 2. The van der Waals surface area contributed by atoms with Gasteiger partial charge in [-0.2, -0.15) is 29.8 Å². The molecule has 0 saturated carbocycles. The van der Waals surface area contributed by atoms with Gasteiger partial charge in [0.05, 0.1) is 27.6 Å². The summed E-state index contributed by atoms with van der Waals surface area (Å²) in [6.45, 7) is 6.83. The maximum Gasteiger partial charge on any atom is 0.333 e. The predicted molar refractivity (Wildman–Crippen MR) is 226 cm³/mol. The minimum Gasteiger partial charge on any atom is -0.385 e. The first-order chi connectivity index (χ1) is 28.9. The summed E-state index contributed by atoms with van der Waals surface area (Å²) in [5.74, 6) is -2.40. The summed E-state index contributed by atoms with van der Waals surface area (Å²) < 4.78 is 116. The Morgan fingerprint density at radius 3 is 2.02 bits per heavy atom. The summed E-state index contributed by atoms with van der Waals surface area (Å²) in [6.07, 6.45) is 5.73. The zero-order chi connectivity index (χ0) is 45.8. The first kappa shape index (κ1) is 48.7. The van der Waals surface area contributed by atoms with Crippen molar-refractivity contribution in [1.29, 1.82) is 0 Å². The molecule has 0 bridgehead atoms. The highest BCUT2D eigenvalue weighted by Gasteiger charge is 2.49. The van der Waals surface area contributed by atoms with Crippen LogP contribution in [-0.2, 0) is 69.9 Å². The third kappa shape index (κ3) is 10.9. The summed E-state index contributed by atoms with van der Waals surface area (Å²) in [6, 6.07) is 8.60. The lowest BCUT2D eigenvalue weighted by molar-refractivity contribution is -0.438. The second-order valence-electron chi connectivity index (χ2n) is 16.1. The Kier molecular flexibility index (Phi) is 15.1. The van der Waals surface area contributed by atoms with Crippen molar-refractivity contribution in [1.82, 2.24) is 5.06 Å². The number of nitrogens with zero attached hydrogens (tertiary/aromatic N) is 3. The standard InChI is InChI=1S/C41H53N3O15S3/c1-28(24-35-40(2,17-9-23-60(48,49)50)31-26-29(61(51,52)53)12-14-34(31)43(35)20-22-58-5)25-36-41(3,18-21-57-4)32-27-30(62(54,55)56)11-13-33(32)42(36)19-8-6-7-10-39(47)59-44-37(45)15-16-38(44)46/h11-14,24-27H,6-10,15-23H2,1-5H3,(H2-,48,49,50,51,52,53,54,55,56)/p+1. The molecule has 1 saturated heterocycles. The fourth-order valence-corrected chi connectivity index (χ4v) is 9.93. The van der Waals surface area contributed by atoms with Gasteiger partial charge in [-0.1, -0.05) is 0 Å². The molecular formula is C41H54N3O15S3+. The first-order valence-corrected chi connectivity index (χ1v) is 24.5. The van der Waals surface area contributed by atoms with Crippen molar-refractivity contribution < 1.29 is 72.2 Å². The molecule has 0 spiro atoms. The topological polar surface area (TPSA) is 251 Å². The van der Waals surface area contributed by atoms with Gasteiger partial charge in [0.25, 0.3) is 42.2 Å².